The van der Waals surface area contributed by atoms with Crippen LogP contribution in [0.25, 0.3) is 21.9 Å². The summed E-state index contributed by atoms with van der Waals surface area (Å²) in [5.41, 5.74) is 9.72. The number of hydrogen-bond donors (Lipinski definition) is 4. The number of rotatable bonds is 13. The molecule has 0 amide bonds. The highest BCUT2D eigenvalue weighted by molar-refractivity contribution is 7.78. The maximum atomic E-state index is 11.6. The number of ether oxygens (including phenoxy) is 1. The molecule has 206 valence electrons. The van der Waals surface area contributed by atoms with E-state index < -0.39 is 7.82 Å². The van der Waals surface area contributed by atoms with Gasteiger partial charge in [-0.1, -0.05) is 19.4 Å². The van der Waals surface area contributed by atoms with E-state index in [0.29, 0.717) is 49.2 Å². The first-order chi connectivity index (χ1) is 18.7. The average molecular weight is 572 g/mol. The number of phosphoric acid groups is 1. The van der Waals surface area contributed by atoms with Crippen LogP contribution in [-0.4, -0.2) is 54.3 Å². The Morgan fingerprint density at radius 1 is 1.15 bits per heavy atom. The second-order valence-electron chi connectivity index (χ2n) is 8.97. The number of hydrogen-bond acceptors (Lipinski definition) is 9. The molecule has 4 rings (SSSR count). The Balaban J connectivity index is 1.81. The van der Waals surface area contributed by atoms with E-state index in [-0.39, 0.29) is 23.9 Å². The molecule has 0 aliphatic carbocycles. The molecule has 0 aliphatic heterocycles. The van der Waals surface area contributed by atoms with E-state index in [2.05, 4.69) is 34.3 Å². The molecule has 0 spiro atoms. The molecule has 39 heavy (non-hydrogen) atoms. The number of imidazole rings is 1. The fraction of sp³-hybridized carbons (Fsp3) is 0.346. The van der Waals surface area contributed by atoms with Gasteiger partial charge in [0.2, 0.25) is 0 Å². The molecule has 0 bridgehead atoms. The second-order valence-corrected chi connectivity index (χ2v) is 10.3. The highest BCUT2D eigenvalue weighted by atomic mass is 32.1. The van der Waals surface area contributed by atoms with Crippen LogP contribution in [0.5, 0.6) is 11.5 Å². The van der Waals surface area contributed by atoms with Gasteiger partial charge in [0, 0.05) is 17.4 Å². The molecule has 2 heterocycles. The molecule has 0 saturated heterocycles. The number of phenolic OH excluding ortho intramolecular Hbond substituents is 1. The van der Waals surface area contributed by atoms with Crippen LogP contribution >= 0.6 is 20.0 Å². The number of aliphatic imine (C=N–C) groups is 1. The van der Waals surface area contributed by atoms with Crippen molar-refractivity contribution in [3.05, 3.63) is 53.3 Å². The first kappa shape index (κ1) is 28.6. The van der Waals surface area contributed by atoms with Crippen molar-refractivity contribution >= 4 is 53.0 Å². The maximum absolute atomic E-state index is 11.6. The van der Waals surface area contributed by atoms with Crippen LogP contribution in [0, 0.1) is 0 Å². The predicted molar refractivity (Wildman–Crippen MR) is 152 cm³/mol. The van der Waals surface area contributed by atoms with Crippen molar-refractivity contribution in [3.8, 4) is 11.5 Å². The van der Waals surface area contributed by atoms with Crippen molar-refractivity contribution in [3.63, 3.8) is 0 Å². The number of anilines is 1. The van der Waals surface area contributed by atoms with Gasteiger partial charge in [-0.15, -0.1) is 0 Å². The molecule has 11 nitrogen and oxygen atoms in total. The number of aryl methyl sites for hydroxylation is 1. The molecule has 13 heteroatoms. The molecular weight excluding hydrogens is 541 g/mol. The number of phosphoric ester groups is 1. The molecule has 0 unspecified atom stereocenters. The molecule has 0 atom stereocenters. The Labute approximate surface area is 230 Å². The summed E-state index contributed by atoms with van der Waals surface area (Å²) in [7, 11) is -4.83. The van der Waals surface area contributed by atoms with Gasteiger partial charge in [-0.2, -0.15) is 0 Å². The van der Waals surface area contributed by atoms with E-state index in [1.807, 2.05) is 22.8 Å². The number of nitrogens with zero attached hydrogens (tertiary/aromatic N) is 4. The molecule has 0 fully saturated rings. The Morgan fingerprint density at radius 2 is 1.97 bits per heavy atom. The summed E-state index contributed by atoms with van der Waals surface area (Å²) in [5.74, 6) is 0.928. The van der Waals surface area contributed by atoms with E-state index in [4.69, 9.17) is 20.0 Å². The van der Waals surface area contributed by atoms with Gasteiger partial charge in [-0.25, -0.2) is 19.5 Å². The summed E-state index contributed by atoms with van der Waals surface area (Å²) in [6.07, 6.45) is 3.12. The average Bonchev–Trinajstić information content (AvgIpc) is 3.25. The van der Waals surface area contributed by atoms with Crippen LogP contribution in [0.2, 0.25) is 0 Å². The second kappa shape index (κ2) is 12.7. The number of nitrogens with two attached hydrogens (primary N) is 1. The van der Waals surface area contributed by atoms with E-state index in [1.165, 1.54) is 18.2 Å². The number of aromatic hydroxyl groups is 1. The predicted octanol–water partition coefficient (Wildman–Crippen LogP) is 4.40. The lowest BCUT2D eigenvalue weighted by Gasteiger charge is -2.16. The van der Waals surface area contributed by atoms with Gasteiger partial charge in [0.15, 0.2) is 5.82 Å². The Morgan fingerprint density at radius 3 is 2.72 bits per heavy atom. The van der Waals surface area contributed by atoms with Crippen LogP contribution < -0.4 is 10.3 Å². The lowest BCUT2D eigenvalue weighted by atomic mass is 10.1. The third-order valence-electron chi connectivity index (χ3n) is 6.14. The van der Waals surface area contributed by atoms with Gasteiger partial charge < -0.3 is 24.7 Å². The lowest BCUT2D eigenvalue weighted by molar-refractivity contribution is 0.145. The van der Waals surface area contributed by atoms with Crippen LogP contribution in [0.15, 0.2) is 41.4 Å². The fourth-order valence-electron chi connectivity index (χ4n) is 4.38. The Hall–Kier alpha value is -3.37. The van der Waals surface area contributed by atoms with Gasteiger partial charge in [0.05, 0.1) is 42.5 Å². The molecule has 2 aromatic heterocycles. The minimum absolute atomic E-state index is 0.0356. The third-order valence-corrected chi connectivity index (χ3v) is 6.70. The molecule has 0 radical (unpaired) electrons. The number of nitrogen functional groups attached to an aromatic ring is 1. The summed E-state index contributed by atoms with van der Waals surface area (Å²) in [6.45, 7) is 3.63. The lowest BCUT2D eigenvalue weighted by Crippen LogP contribution is -2.08. The highest BCUT2D eigenvalue weighted by Gasteiger charge is 2.22. The number of fused-ring (bicyclic) bond motifs is 3. The van der Waals surface area contributed by atoms with Crippen molar-refractivity contribution in [2.45, 2.75) is 39.2 Å². The highest BCUT2D eigenvalue weighted by Crippen LogP contribution is 2.41. The van der Waals surface area contributed by atoms with Crippen molar-refractivity contribution in [1.82, 2.24) is 14.5 Å². The summed E-state index contributed by atoms with van der Waals surface area (Å²) in [6, 6.07) is 9.96. The van der Waals surface area contributed by atoms with Crippen molar-refractivity contribution in [2.24, 2.45) is 4.99 Å². The molecule has 0 saturated carbocycles. The first-order valence-corrected chi connectivity index (χ1v) is 14.4. The first-order valence-electron chi connectivity index (χ1n) is 12.5. The number of unbranched alkanes of at least 4 members (excludes halogenated alkanes) is 1. The van der Waals surface area contributed by atoms with Crippen LogP contribution in [0.4, 0.5) is 5.82 Å². The van der Waals surface area contributed by atoms with Crippen molar-refractivity contribution < 1.29 is 28.7 Å². The fourth-order valence-corrected chi connectivity index (χ4v) is 4.91. The number of aromatic nitrogens is 3. The zero-order chi connectivity index (χ0) is 28.0. The quantitative estimate of drug-likeness (QED) is 0.0782. The summed E-state index contributed by atoms with van der Waals surface area (Å²) >= 11 is 4.56. The normalized spacial score (nSPS) is 11.7. The van der Waals surface area contributed by atoms with E-state index in [9.17, 15) is 19.5 Å². The zero-order valence-corrected chi connectivity index (χ0v) is 23.1. The summed E-state index contributed by atoms with van der Waals surface area (Å²) in [5, 5.41) is 13.3. The maximum Gasteiger partial charge on any atom is 0.524 e. The summed E-state index contributed by atoms with van der Waals surface area (Å²) < 4.78 is 24.1. The van der Waals surface area contributed by atoms with Crippen molar-refractivity contribution in [2.75, 3.05) is 25.5 Å². The van der Waals surface area contributed by atoms with E-state index in [0.717, 1.165) is 35.1 Å². The Bertz CT molecular complexity index is 1580. The number of isothiocyanates is 1. The number of benzene rings is 2. The molecule has 4 aromatic rings. The van der Waals surface area contributed by atoms with Gasteiger partial charge in [0.25, 0.3) is 0 Å². The number of phenols is 1. The van der Waals surface area contributed by atoms with Crippen LogP contribution in [-0.2, 0) is 28.7 Å². The third kappa shape index (κ3) is 7.19. The topological polar surface area (TPSA) is 165 Å². The molecule has 2 aromatic carbocycles. The largest absolute Gasteiger partial charge is 0.524 e. The van der Waals surface area contributed by atoms with Gasteiger partial charge in [0.1, 0.15) is 22.8 Å². The molecule has 0 aliphatic rings. The van der Waals surface area contributed by atoms with E-state index in [1.54, 1.807) is 0 Å². The van der Waals surface area contributed by atoms with Crippen LogP contribution in [0.3, 0.4) is 0 Å². The monoisotopic (exact) mass is 571 g/mol. The number of pyridine rings is 1. The smallest absolute Gasteiger partial charge is 0.508 e. The number of thiocarbonyl (C=S) groups is 1. The minimum Gasteiger partial charge on any atom is -0.508 e. The zero-order valence-electron chi connectivity index (χ0n) is 21.4. The molecule has 5 N–H and O–H groups in total. The standard InChI is InChI=1S/C26H30N5O6PS/c1-2-3-4-23-30-24-25(31(23)15-18-14-19(32)6-8-22(18)37-38(33,34)35)20-13-17(5-7-21(20)29-26(24)27)9-11-36-12-10-28-16-39/h5-8,13-14,32H,2-4,9-12,15H2,1H3,(H2,27,29)(H2,33,34,35). The van der Waals surface area contributed by atoms with Gasteiger partial charge in [-0.05, 0) is 61.0 Å². The van der Waals surface area contributed by atoms with Crippen LogP contribution in [0.1, 0.15) is 36.7 Å². The Kier molecular flexibility index (Phi) is 9.29. The van der Waals surface area contributed by atoms with E-state index >= 15 is 0 Å². The van der Waals surface area contributed by atoms with Gasteiger partial charge in [-0.3, -0.25) is 9.79 Å². The summed E-state index contributed by atoms with van der Waals surface area (Å²) in [4.78, 5) is 32.1. The molecular formula is C26H30N5O6PS. The van der Waals surface area contributed by atoms with Crippen molar-refractivity contribution in [1.29, 1.82) is 0 Å². The van der Waals surface area contributed by atoms with Gasteiger partial charge >= 0.3 is 7.82 Å². The SMILES string of the molecule is CCCCc1nc2c(N)nc3ccc(CCOCCN=C=S)cc3c2n1Cc1cc(O)ccc1OP(=O)(O)O. The minimum atomic E-state index is -4.83.